The van der Waals surface area contributed by atoms with Crippen molar-refractivity contribution in [3.63, 3.8) is 0 Å². The van der Waals surface area contributed by atoms with Gasteiger partial charge >= 0.3 is 0 Å². The number of nitrogens with zero attached hydrogens (tertiary/aromatic N) is 1. The molecule has 1 aliphatic heterocycles. The van der Waals surface area contributed by atoms with Crippen LogP contribution in [0.1, 0.15) is 0 Å². The minimum absolute atomic E-state index is 0.00531. The molecule has 0 aromatic carbocycles. The maximum Gasteiger partial charge on any atom is 0.164 e. The highest BCUT2D eigenvalue weighted by Gasteiger charge is 2.30. The second kappa shape index (κ2) is 6.80. The first-order chi connectivity index (χ1) is 7.55. The van der Waals surface area contributed by atoms with Gasteiger partial charge in [0.1, 0.15) is 5.37 Å². The van der Waals surface area contributed by atoms with Crippen LogP contribution < -0.4 is 0 Å². The molecule has 1 saturated heterocycles. The molecule has 7 heteroatoms. The van der Waals surface area contributed by atoms with Gasteiger partial charge in [0, 0.05) is 30.9 Å². The average molecular weight is 269 g/mol. The third-order valence-corrected chi connectivity index (χ3v) is 5.13. The lowest BCUT2D eigenvalue weighted by Crippen LogP contribution is -2.48. The van der Waals surface area contributed by atoms with Crippen molar-refractivity contribution in [1.29, 1.82) is 0 Å². The second-order valence-electron chi connectivity index (χ2n) is 3.73. The fraction of sp³-hybridized carbons (Fsp3) is 1.00. The molecule has 0 saturated carbocycles. The first-order valence-electron chi connectivity index (χ1n) is 5.25. The lowest BCUT2D eigenvalue weighted by atomic mass is 10.4. The van der Waals surface area contributed by atoms with Crippen molar-refractivity contribution in [3.8, 4) is 0 Å². The Morgan fingerprint density at radius 2 is 2.25 bits per heavy atom. The van der Waals surface area contributed by atoms with Gasteiger partial charge in [0.25, 0.3) is 0 Å². The van der Waals surface area contributed by atoms with E-state index in [-0.39, 0.29) is 12.0 Å². The van der Waals surface area contributed by atoms with Gasteiger partial charge in [0.05, 0.1) is 19.8 Å². The summed E-state index contributed by atoms with van der Waals surface area (Å²) < 4.78 is 28.3. The van der Waals surface area contributed by atoms with Gasteiger partial charge in [-0.2, -0.15) is 11.8 Å². The zero-order chi connectivity index (χ0) is 12.0. The fourth-order valence-electron chi connectivity index (χ4n) is 1.61. The normalized spacial score (nSPS) is 23.5. The molecular formula is C9H19NO4S2. The molecule has 0 bridgehead atoms. The fourth-order valence-corrected chi connectivity index (χ4v) is 4.59. The number of thioether (sulfide) groups is 1. The molecule has 1 aliphatic rings. The van der Waals surface area contributed by atoms with Crippen molar-refractivity contribution in [3.05, 3.63) is 0 Å². The van der Waals surface area contributed by atoms with Crippen LogP contribution in [-0.2, 0) is 14.6 Å². The molecule has 1 heterocycles. The monoisotopic (exact) mass is 269 g/mol. The molecule has 0 spiro atoms. The molecule has 1 atom stereocenters. The molecule has 1 unspecified atom stereocenters. The average Bonchev–Trinajstić information content (AvgIpc) is 2.24. The summed E-state index contributed by atoms with van der Waals surface area (Å²) in [5.74, 6) is 1.60. The maximum atomic E-state index is 11.5. The zero-order valence-corrected chi connectivity index (χ0v) is 11.1. The van der Waals surface area contributed by atoms with Crippen LogP contribution >= 0.6 is 11.8 Å². The Kier molecular flexibility index (Phi) is 6.06. The first-order valence-corrected chi connectivity index (χ1v) is 8.36. The Bertz CT molecular complexity index is 294. The highest BCUT2D eigenvalue weighted by atomic mass is 32.2. The third kappa shape index (κ3) is 4.58. The summed E-state index contributed by atoms with van der Waals surface area (Å²) in [5, 5.41) is 8.16. The minimum Gasteiger partial charge on any atom is -0.394 e. The lowest BCUT2D eigenvalue weighted by molar-refractivity contribution is 0.0729. The summed E-state index contributed by atoms with van der Waals surface area (Å²) in [6.07, 6.45) is 1.28. The Balaban J connectivity index is 2.42. The van der Waals surface area contributed by atoms with Gasteiger partial charge in [-0.1, -0.05) is 0 Å². The number of aliphatic hydroxyl groups excluding tert-OH is 1. The van der Waals surface area contributed by atoms with E-state index < -0.39 is 9.84 Å². The van der Waals surface area contributed by atoms with Crippen LogP contribution in [0.5, 0.6) is 0 Å². The minimum atomic E-state index is -3.02. The van der Waals surface area contributed by atoms with Gasteiger partial charge in [-0.3, -0.25) is 4.90 Å². The predicted molar refractivity (Wildman–Crippen MR) is 65.4 cm³/mol. The number of rotatable bonds is 6. The predicted octanol–water partition coefficient (Wildman–Crippen LogP) is -0.585. The summed E-state index contributed by atoms with van der Waals surface area (Å²) in [6.45, 7) is 2.18. The molecule has 0 aromatic heterocycles. The lowest BCUT2D eigenvalue weighted by Gasteiger charge is -2.33. The molecular weight excluding hydrogens is 250 g/mol. The van der Waals surface area contributed by atoms with Crippen molar-refractivity contribution in [1.82, 2.24) is 4.90 Å². The van der Waals surface area contributed by atoms with Crippen LogP contribution in [0.15, 0.2) is 0 Å². The maximum absolute atomic E-state index is 11.5. The third-order valence-electron chi connectivity index (χ3n) is 2.44. The molecule has 16 heavy (non-hydrogen) atoms. The Labute approximate surface area is 101 Å². The first kappa shape index (κ1) is 14.2. The molecule has 0 aromatic rings. The number of hydrogen-bond donors (Lipinski definition) is 1. The Hall–Kier alpha value is 0.180. The SMILES string of the molecule is CS(=O)(=O)C1CSCCN1CCOCCO. The summed E-state index contributed by atoms with van der Waals surface area (Å²) in [4.78, 5) is 1.95. The van der Waals surface area contributed by atoms with Crippen LogP contribution in [0.4, 0.5) is 0 Å². The number of hydrogen-bond acceptors (Lipinski definition) is 6. The van der Waals surface area contributed by atoms with E-state index in [1.165, 1.54) is 6.26 Å². The van der Waals surface area contributed by atoms with Crippen LogP contribution in [0, 0.1) is 0 Å². The van der Waals surface area contributed by atoms with E-state index in [0.717, 1.165) is 12.3 Å². The van der Waals surface area contributed by atoms with Gasteiger partial charge in [-0.05, 0) is 0 Å². The molecule has 0 amide bonds. The molecule has 5 nitrogen and oxygen atoms in total. The number of ether oxygens (including phenoxy) is 1. The molecule has 0 aliphatic carbocycles. The van der Waals surface area contributed by atoms with E-state index >= 15 is 0 Å². The topological polar surface area (TPSA) is 66.8 Å². The van der Waals surface area contributed by atoms with E-state index in [2.05, 4.69) is 0 Å². The van der Waals surface area contributed by atoms with E-state index in [1.54, 1.807) is 11.8 Å². The summed E-state index contributed by atoms with van der Waals surface area (Å²) in [7, 11) is -3.02. The quantitative estimate of drug-likeness (QED) is 0.651. The van der Waals surface area contributed by atoms with E-state index in [4.69, 9.17) is 9.84 Å². The van der Waals surface area contributed by atoms with Crippen molar-refractivity contribution in [2.45, 2.75) is 5.37 Å². The van der Waals surface area contributed by atoms with E-state index in [9.17, 15) is 8.42 Å². The molecule has 1 fully saturated rings. The Morgan fingerprint density at radius 1 is 1.50 bits per heavy atom. The molecule has 0 radical (unpaired) electrons. The van der Waals surface area contributed by atoms with Gasteiger partial charge in [-0.15, -0.1) is 0 Å². The summed E-state index contributed by atoms with van der Waals surface area (Å²) in [5.41, 5.74) is 0. The van der Waals surface area contributed by atoms with Crippen LogP contribution in [0.25, 0.3) is 0 Å². The van der Waals surface area contributed by atoms with Crippen molar-refractivity contribution in [2.75, 3.05) is 50.7 Å². The van der Waals surface area contributed by atoms with Gasteiger partial charge in [0.2, 0.25) is 0 Å². The van der Waals surface area contributed by atoms with Crippen LogP contribution in [0.3, 0.4) is 0 Å². The number of sulfone groups is 1. The second-order valence-corrected chi connectivity index (χ2v) is 7.08. The highest BCUT2D eigenvalue weighted by molar-refractivity contribution is 8.00. The highest BCUT2D eigenvalue weighted by Crippen LogP contribution is 2.19. The van der Waals surface area contributed by atoms with Crippen LogP contribution in [0.2, 0.25) is 0 Å². The molecule has 96 valence electrons. The zero-order valence-electron chi connectivity index (χ0n) is 9.46. The largest absolute Gasteiger partial charge is 0.394 e. The summed E-state index contributed by atoms with van der Waals surface area (Å²) >= 11 is 1.68. The Morgan fingerprint density at radius 3 is 2.88 bits per heavy atom. The van der Waals surface area contributed by atoms with Gasteiger partial charge in [0.15, 0.2) is 9.84 Å². The van der Waals surface area contributed by atoms with Gasteiger partial charge in [-0.25, -0.2) is 8.42 Å². The smallest absolute Gasteiger partial charge is 0.164 e. The van der Waals surface area contributed by atoms with Gasteiger partial charge < -0.3 is 9.84 Å². The van der Waals surface area contributed by atoms with E-state index in [1.807, 2.05) is 4.90 Å². The van der Waals surface area contributed by atoms with Crippen molar-refractivity contribution >= 4 is 21.6 Å². The molecule has 1 rings (SSSR count). The number of aliphatic hydroxyl groups is 1. The summed E-state index contributed by atoms with van der Waals surface area (Å²) in [6, 6.07) is 0. The molecule has 1 N–H and O–H groups in total. The van der Waals surface area contributed by atoms with Crippen molar-refractivity contribution in [2.24, 2.45) is 0 Å². The van der Waals surface area contributed by atoms with Crippen molar-refractivity contribution < 1.29 is 18.3 Å². The van der Waals surface area contributed by atoms with Crippen LogP contribution in [-0.4, -0.2) is 74.5 Å². The standard InChI is InChI=1S/C9H19NO4S2/c1-16(12,13)9-8-15-7-3-10(9)2-5-14-6-4-11/h9,11H,2-8H2,1H3. The van der Waals surface area contributed by atoms with E-state index in [0.29, 0.717) is 25.5 Å².